The van der Waals surface area contributed by atoms with Gasteiger partial charge in [0.05, 0.1) is 10.7 Å². The van der Waals surface area contributed by atoms with Crippen molar-refractivity contribution in [1.29, 1.82) is 0 Å². The molecule has 10 nitrogen and oxygen atoms in total. The molecule has 2 amide bonds. The molecule has 1 heterocycles. The summed E-state index contributed by atoms with van der Waals surface area (Å²) >= 11 is 10.2. The molecule has 41 heavy (non-hydrogen) atoms. The van der Waals surface area contributed by atoms with Gasteiger partial charge in [0.1, 0.15) is 17.2 Å². The molecule has 0 aliphatic carbocycles. The average Bonchev–Trinajstić information content (AvgIpc) is 2.87. The summed E-state index contributed by atoms with van der Waals surface area (Å²) in [4.78, 5) is 30.8. The van der Waals surface area contributed by atoms with Crippen LogP contribution in [0.5, 0.6) is 0 Å². The number of aromatic nitrogens is 1. The van der Waals surface area contributed by atoms with Crippen molar-refractivity contribution in [1.82, 2.24) is 15.2 Å². The molecule has 0 saturated heterocycles. The van der Waals surface area contributed by atoms with E-state index in [9.17, 15) is 14.0 Å². The van der Waals surface area contributed by atoms with E-state index in [0.717, 1.165) is 13.0 Å². The molecular weight excluding hydrogens is 569 g/mol. The molecule has 1 aromatic carbocycles. The number of ether oxygens (including phenoxy) is 1. The van der Waals surface area contributed by atoms with E-state index in [1.807, 2.05) is 6.92 Å². The van der Waals surface area contributed by atoms with Crippen molar-refractivity contribution in [3.8, 4) is 0 Å². The number of nitrogens with two attached hydrogens (primary N) is 2. The number of allylic oxidation sites excluding steroid dienone is 1. The maximum absolute atomic E-state index is 14.2. The number of benzene rings is 1. The molecule has 0 radical (unpaired) electrons. The molecule has 2 rings (SSSR count). The van der Waals surface area contributed by atoms with Gasteiger partial charge in [-0.3, -0.25) is 4.79 Å². The van der Waals surface area contributed by atoms with Crippen LogP contribution in [0.1, 0.15) is 46.1 Å². The molecule has 0 atom stereocenters. The second-order valence-corrected chi connectivity index (χ2v) is 11.1. The fourth-order valence-corrected chi connectivity index (χ4v) is 3.90. The highest BCUT2D eigenvalue weighted by molar-refractivity contribution is 7.84. The molecule has 224 valence electrons. The monoisotopic (exact) mass is 607 g/mol. The third kappa shape index (κ3) is 12.7. The number of amides is 2. The van der Waals surface area contributed by atoms with Gasteiger partial charge in [0.15, 0.2) is 0 Å². The van der Waals surface area contributed by atoms with Crippen LogP contribution in [0.15, 0.2) is 53.3 Å². The summed E-state index contributed by atoms with van der Waals surface area (Å²) < 4.78 is 19.5. The molecule has 0 fully saturated rings. The molecule has 0 aliphatic rings. The topological polar surface area (TPSA) is 148 Å². The maximum atomic E-state index is 14.2. The largest absolute Gasteiger partial charge is 0.444 e. The molecule has 7 N–H and O–H groups in total. The zero-order valence-electron chi connectivity index (χ0n) is 23.8. The lowest BCUT2D eigenvalue weighted by Gasteiger charge is -2.23. The smallest absolute Gasteiger partial charge is 0.407 e. The fraction of sp³-hybridized carbons (Fsp3) is 0.393. The Morgan fingerprint density at radius 3 is 2.54 bits per heavy atom. The minimum atomic E-state index is -0.566. The van der Waals surface area contributed by atoms with E-state index in [0.29, 0.717) is 41.9 Å². The predicted molar refractivity (Wildman–Crippen MR) is 166 cm³/mol. The van der Waals surface area contributed by atoms with Crippen molar-refractivity contribution in [3.05, 3.63) is 69.7 Å². The van der Waals surface area contributed by atoms with Gasteiger partial charge in [0, 0.05) is 60.3 Å². The van der Waals surface area contributed by atoms with Gasteiger partial charge in [-0.05, 0) is 64.1 Å². The van der Waals surface area contributed by atoms with Crippen molar-refractivity contribution in [2.75, 3.05) is 36.8 Å². The third-order valence-electron chi connectivity index (χ3n) is 5.41. The Morgan fingerprint density at radius 1 is 1.15 bits per heavy atom. The number of nitrogens with zero attached hydrogens (tertiary/aromatic N) is 2. The van der Waals surface area contributed by atoms with Gasteiger partial charge in [0.2, 0.25) is 5.91 Å². The number of nitrogens with one attached hydrogen (secondary N) is 3. The van der Waals surface area contributed by atoms with Crippen LogP contribution in [-0.4, -0.2) is 53.7 Å². The Balaban J connectivity index is 1.97. The van der Waals surface area contributed by atoms with Crippen molar-refractivity contribution in [3.63, 3.8) is 0 Å². The van der Waals surface area contributed by atoms with Crippen LogP contribution >= 0.6 is 24.2 Å². The number of anilines is 2. The van der Waals surface area contributed by atoms with Crippen LogP contribution in [-0.2, 0) is 9.53 Å². The zero-order valence-corrected chi connectivity index (χ0v) is 25.4. The SMILES string of the molecule is CCCN(CCNC(=O)OC(C)(C)C)CCC(=O)Nc1cc(NC(/C=C(\N)c2cc(Cl)ccc2F)=C(/N)S)ccn1. The van der Waals surface area contributed by atoms with Gasteiger partial charge in [-0.1, -0.05) is 18.5 Å². The number of halogens is 2. The normalized spacial score (nSPS) is 12.5. The number of pyridine rings is 1. The molecule has 1 aromatic heterocycles. The molecule has 2 aromatic rings. The summed E-state index contributed by atoms with van der Waals surface area (Å²) in [6.07, 6.45) is 3.61. The molecule has 13 heteroatoms. The van der Waals surface area contributed by atoms with Crippen LogP contribution in [0.4, 0.5) is 20.7 Å². The number of thiol groups is 1. The van der Waals surface area contributed by atoms with Crippen molar-refractivity contribution >= 4 is 53.4 Å². The second kappa shape index (κ2) is 16.1. The second-order valence-electron chi connectivity index (χ2n) is 10.1. The van der Waals surface area contributed by atoms with E-state index in [-0.39, 0.29) is 28.6 Å². The number of alkyl carbamates (subject to hydrolysis) is 1. The molecular formula is C28H39ClFN7O3S. The molecule has 0 aliphatic heterocycles. The lowest BCUT2D eigenvalue weighted by Crippen LogP contribution is -2.39. The van der Waals surface area contributed by atoms with E-state index in [2.05, 4.69) is 38.5 Å². The number of hydrogen-bond acceptors (Lipinski definition) is 9. The summed E-state index contributed by atoms with van der Waals surface area (Å²) in [6, 6.07) is 7.34. The standard InChI is InChI=1S/C28H39ClFN7O3S/c1-5-12-37(14-11-34-27(39)40-28(2,3)4)13-9-25(38)36-24-16-19(8-10-33-24)35-23(26(32)41)17-22(31)20-15-18(29)6-7-21(20)30/h6-8,10,15-17,41H,5,9,11-14,31-32H2,1-4H3,(H,34,39)(H2,33,35,36,38)/b22-17-,26-23-. The van der Waals surface area contributed by atoms with Gasteiger partial charge in [0.25, 0.3) is 0 Å². The Kier molecular flexibility index (Phi) is 13.2. The van der Waals surface area contributed by atoms with Crippen LogP contribution in [0, 0.1) is 5.82 Å². The van der Waals surface area contributed by atoms with Crippen molar-refractivity contribution in [2.24, 2.45) is 11.5 Å². The number of carbonyl (C=O) groups excluding carboxylic acids is 2. The highest BCUT2D eigenvalue weighted by Crippen LogP contribution is 2.23. The summed E-state index contributed by atoms with van der Waals surface area (Å²) in [5.41, 5.74) is 12.5. The van der Waals surface area contributed by atoms with Crippen molar-refractivity contribution < 1.29 is 18.7 Å². The first-order valence-electron chi connectivity index (χ1n) is 13.1. The lowest BCUT2D eigenvalue weighted by molar-refractivity contribution is -0.116. The van der Waals surface area contributed by atoms with E-state index < -0.39 is 17.5 Å². The van der Waals surface area contributed by atoms with Crippen molar-refractivity contribution in [2.45, 2.75) is 46.1 Å². The summed E-state index contributed by atoms with van der Waals surface area (Å²) in [6.45, 7) is 9.71. The fourth-order valence-electron chi connectivity index (χ4n) is 3.61. The predicted octanol–water partition coefficient (Wildman–Crippen LogP) is 4.91. The first-order valence-corrected chi connectivity index (χ1v) is 13.9. The minimum absolute atomic E-state index is 0.0880. The van der Waals surface area contributed by atoms with Crippen LogP contribution in [0.3, 0.4) is 0 Å². The van der Waals surface area contributed by atoms with Gasteiger partial charge >= 0.3 is 6.09 Å². The molecule has 0 saturated carbocycles. The molecule has 0 spiro atoms. The Morgan fingerprint density at radius 2 is 1.88 bits per heavy atom. The van der Waals surface area contributed by atoms with E-state index in [4.69, 9.17) is 27.8 Å². The number of hydrogen-bond donors (Lipinski definition) is 6. The van der Waals surface area contributed by atoms with Gasteiger partial charge in [-0.2, -0.15) is 0 Å². The van der Waals surface area contributed by atoms with Crippen LogP contribution in [0.2, 0.25) is 5.02 Å². The lowest BCUT2D eigenvalue weighted by atomic mass is 10.1. The number of rotatable bonds is 13. The Bertz CT molecular complexity index is 1260. The highest BCUT2D eigenvalue weighted by atomic mass is 35.5. The Hall–Kier alpha value is -3.48. The summed E-state index contributed by atoms with van der Waals surface area (Å²) in [7, 11) is 0. The van der Waals surface area contributed by atoms with Crippen LogP contribution < -0.4 is 27.4 Å². The Labute approximate surface area is 251 Å². The van der Waals surface area contributed by atoms with Gasteiger partial charge < -0.3 is 37.1 Å². The molecule has 0 bridgehead atoms. The summed E-state index contributed by atoms with van der Waals surface area (Å²) in [5, 5.41) is 9.02. The average molecular weight is 608 g/mol. The quantitative estimate of drug-likeness (QED) is 0.139. The zero-order chi connectivity index (χ0) is 30.6. The van der Waals surface area contributed by atoms with E-state index in [1.165, 1.54) is 30.5 Å². The maximum Gasteiger partial charge on any atom is 0.407 e. The number of carbonyl (C=O) groups is 2. The van der Waals surface area contributed by atoms with E-state index in [1.54, 1.807) is 32.9 Å². The van der Waals surface area contributed by atoms with Gasteiger partial charge in [-0.25, -0.2) is 14.2 Å². The first kappa shape index (κ1) is 33.7. The third-order valence-corrected chi connectivity index (χ3v) is 5.89. The summed E-state index contributed by atoms with van der Waals surface area (Å²) in [5.74, 6) is -0.435. The van der Waals surface area contributed by atoms with Gasteiger partial charge in [-0.15, -0.1) is 12.6 Å². The highest BCUT2D eigenvalue weighted by Gasteiger charge is 2.16. The van der Waals surface area contributed by atoms with E-state index >= 15 is 0 Å². The minimum Gasteiger partial charge on any atom is -0.444 e. The van der Waals surface area contributed by atoms with Crippen LogP contribution in [0.25, 0.3) is 5.70 Å². The molecule has 0 unspecified atom stereocenters. The first-order chi connectivity index (χ1) is 19.3.